The maximum atomic E-state index is 11.6. The Morgan fingerprint density at radius 3 is 2.06 bits per heavy atom. The third-order valence-corrected chi connectivity index (χ3v) is 2.72. The van der Waals surface area contributed by atoms with Gasteiger partial charge in [0.05, 0.1) is 0 Å². The molecule has 1 aliphatic rings. The summed E-state index contributed by atoms with van der Waals surface area (Å²) in [5, 5.41) is 8.44. The Labute approximate surface area is 93.7 Å². The lowest BCUT2D eigenvalue weighted by atomic mass is 10.2. The molecular formula is C11H15NO4. The van der Waals surface area contributed by atoms with E-state index in [4.69, 9.17) is 5.11 Å². The number of carboxylic acids is 1. The molecule has 0 aliphatic carbocycles. The third kappa shape index (κ3) is 2.48. The highest BCUT2D eigenvalue weighted by molar-refractivity contribution is 6.18. The van der Waals surface area contributed by atoms with Crippen molar-refractivity contribution in [2.24, 2.45) is 0 Å². The minimum atomic E-state index is -0.857. The van der Waals surface area contributed by atoms with Crippen LogP contribution in [0.5, 0.6) is 0 Å². The molecule has 1 heterocycles. The third-order valence-electron chi connectivity index (χ3n) is 2.72. The van der Waals surface area contributed by atoms with Gasteiger partial charge in [-0.2, -0.15) is 0 Å². The summed E-state index contributed by atoms with van der Waals surface area (Å²) >= 11 is 0. The molecule has 0 bridgehead atoms. The summed E-state index contributed by atoms with van der Waals surface area (Å²) in [5.41, 5.74) is 0.978. The summed E-state index contributed by atoms with van der Waals surface area (Å²) < 4.78 is 0. The van der Waals surface area contributed by atoms with Crippen LogP contribution in [0.15, 0.2) is 11.1 Å². The molecule has 0 aromatic rings. The highest BCUT2D eigenvalue weighted by atomic mass is 16.4. The predicted molar refractivity (Wildman–Crippen MR) is 56.6 cm³/mol. The van der Waals surface area contributed by atoms with Crippen molar-refractivity contribution in [3.05, 3.63) is 11.1 Å². The van der Waals surface area contributed by atoms with Gasteiger partial charge in [0.1, 0.15) is 0 Å². The van der Waals surface area contributed by atoms with Crippen LogP contribution in [-0.4, -0.2) is 34.3 Å². The molecule has 2 amide bonds. The van der Waals surface area contributed by atoms with E-state index in [1.54, 1.807) is 13.8 Å². The van der Waals surface area contributed by atoms with Crippen molar-refractivity contribution in [1.29, 1.82) is 0 Å². The molecule has 5 heteroatoms. The zero-order valence-electron chi connectivity index (χ0n) is 9.45. The van der Waals surface area contributed by atoms with Crippen LogP contribution in [0.4, 0.5) is 0 Å². The van der Waals surface area contributed by atoms with Gasteiger partial charge in [0, 0.05) is 24.1 Å². The molecule has 0 saturated heterocycles. The Morgan fingerprint density at radius 1 is 1.12 bits per heavy atom. The lowest BCUT2D eigenvalue weighted by molar-refractivity contribution is -0.137. The zero-order chi connectivity index (χ0) is 12.3. The van der Waals surface area contributed by atoms with Crippen LogP contribution in [0.3, 0.4) is 0 Å². The number of hydrogen-bond donors (Lipinski definition) is 1. The van der Waals surface area contributed by atoms with Gasteiger partial charge in [-0.15, -0.1) is 0 Å². The van der Waals surface area contributed by atoms with Gasteiger partial charge in [-0.25, -0.2) is 0 Å². The first-order valence-electron chi connectivity index (χ1n) is 5.20. The first-order valence-corrected chi connectivity index (χ1v) is 5.20. The monoisotopic (exact) mass is 225 g/mol. The Morgan fingerprint density at radius 2 is 1.62 bits per heavy atom. The summed E-state index contributed by atoms with van der Waals surface area (Å²) in [5.74, 6) is -1.36. The Kier molecular flexibility index (Phi) is 3.82. The maximum Gasteiger partial charge on any atom is 0.303 e. The predicted octanol–water partition coefficient (Wildman–Crippen LogP) is 0.947. The fourth-order valence-corrected chi connectivity index (χ4v) is 1.57. The second-order valence-corrected chi connectivity index (χ2v) is 3.86. The van der Waals surface area contributed by atoms with E-state index in [1.807, 2.05) is 0 Å². The molecular weight excluding hydrogens is 210 g/mol. The molecule has 1 aliphatic heterocycles. The van der Waals surface area contributed by atoms with E-state index in [9.17, 15) is 14.4 Å². The molecule has 5 nitrogen and oxygen atoms in total. The number of rotatable bonds is 5. The first-order chi connectivity index (χ1) is 7.45. The summed E-state index contributed by atoms with van der Waals surface area (Å²) in [7, 11) is 0. The average molecular weight is 225 g/mol. The van der Waals surface area contributed by atoms with E-state index >= 15 is 0 Å². The lowest BCUT2D eigenvalue weighted by Crippen LogP contribution is -2.32. The molecule has 0 aromatic heterocycles. The summed E-state index contributed by atoms with van der Waals surface area (Å²) in [4.78, 5) is 34.6. The van der Waals surface area contributed by atoms with Gasteiger partial charge in [-0.05, 0) is 26.7 Å². The van der Waals surface area contributed by atoms with E-state index in [1.165, 1.54) is 4.90 Å². The van der Waals surface area contributed by atoms with E-state index in [0.717, 1.165) is 0 Å². The van der Waals surface area contributed by atoms with Crippen molar-refractivity contribution in [3.8, 4) is 0 Å². The molecule has 88 valence electrons. The average Bonchev–Trinajstić information content (AvgIpc) is 2.40. The topological polar surface area (TPSA) is 74.7 Å². The SMILES string of the molecule is CC1=C(C)C(=O)N(CCCCC(=O)O)C1=O. The van der Waals surface area contributed by atoms with Gasteiger partial charge in [0.2, 0.25) is 0 Å². The molecule has 0 aromatic carbocycles. The Bertz CT molecular complexity index is 346. The number of amides is 2. The van der Waals surface area contributed by atoms with Crippen molar-refractivity contribution in [2.75, 3.05) is 6.54 Å². The smallest absolute Gasteiger partial charge is 0.303 e. The van der Waals surface area contributed by atoms with Crippen LogP contribution in [-0.2, 0) is 14.4 Å². The first kappa shape index (κ1) is 12.4. The molecule has 0 saturated carbocycles. The number of nitrogens with zero attached hydrogens (tertiary/aromatic N) is 1. The number of unbranched alkanes of at least 4 members (excludes halogenated alkanes) is 1. The fraction of sp³-hybridized carbons (Fsp3) is 0.545. The maximum absolute atomic E-state index is 11.6. The number of carboxylic acid groups (broad SMARTS) is 1. The van der Waals surface area contributed by atoms with Gasteiger partial charge in [0.25, 0.3) is 11.8 Å². The second-order valence-electron chi connectivity index (χ2n) is 3.86. The number of hydrogen-bond acceptors (Lipinski definition) is 3. The van der Waals surface area contributed by atoms with Crippen LogP contribution in [0.1, 0.15) is 33.1 Å². The van der Waals surface area contributed by atoms with E-state index in [2.05, 4.69) is 0 Å². The number of aliphatic carboxylic acids is 1. The van der Waals surface area contributed by atoms with Crippen LogP contribution in [0, 0.1) is 0 Å². The van der Waals surface area contributed by atoms with Crippen molar-refractivity contribution in [3.63, 3.8) is 0 Å². The molecule has 0 fully saturated rings. The quantitative estimate of drug-likeness (QED) is 0.558. The van der Waals surface area contributed by atoms with Crippen LogP contribution < -0.4 is 0 Å². The van der Waals surface area contributed by atoms with Gasteiger partial charge in [0.15, 0.2) is 0 Å². The molecule has 16 heavy (non-hydrogen) atoms. The van der Waals surface area contributed by atoms with Crippen LogP contribution in [0.25, 0.3) is 0 Å². The lowest BCUT2D eigenvalue weighted by Gasteiger charge is -2.13. The van der Waals surface area contributed by atoms with Gasteiger partial charge >= 0.3 is 5.97 Å². The van der Waals surface area contributed by atoms with Crippen LogP contribution in [0.2, 0.25) is 0 Å². The summed E-state index contributed by atoms with van der Waals surface area (Å²) in [6.45, 7) is 3.57. The Balaban J connectivity index is 2.43. The normalized spacial score (nSPS) is 16.2. The van der Waals surface area contributed by atoms with E-state index < -0.39 is 5.97 Å². The van der Waals surface area contributed by atoms with Crippen molar-refractivity contribution in [1.82, 2.24) is 4.90 Å². The molecule has 0 radical (unpaired) electrons. The molecule has 1 N–H and O–H groups in total. The molecule has 0 unspecified atom stereocenters. The number of imide groups is 1. The zero-order valence-corrected chi connectivity index (χ0v) is 9.45. The minimum absolute atomic E-state index is 0.0710. The molecule has 1 rings (SSSR count). The highest BCUT2D eigenvalue weighted by Crippen LogP contribution is 2.20. The van der Waals surface area contributed by atoms with E-state index in [-0.39, 0.29) is 18.2 Å². The van der Waals surface area contributed by atoms with Gasteiger partial charge in [-0.1, -0.05) is 0 Å². The second kappa shape index (κ2) is 4.92. The summed E-state index contributed by atoms with van der Waals surface area (Å²) in [6.07, 6.45) is 1.08. The standard InChI is InChI=1S/C11H15NO4/c1-7-8(2)11(16)12(10(7)15)6-4-3-5-9(13)14/h3-6H2,1-2H3,(H,13,14). The van der Waals surface area contributed by atoms with Crippen molar-refractivity contribution >= 4 is 17.8 Å². The molecule has 0 atom stereocenters. The summed E-state index contributed by atoms with van der Waals surface area (Å²) in [6, 6.07) is 0. The van der Waals surface area contributed by atoms with Crippen LogP contribution >= 0.6 is 0 Å². The Hall–Kier alpha value is -1.65. The number of carbonyl (C=O) groups excluding carboxylic acids is 2. The fourth-order valence-electron chi connectivity index (χ4n) is 1.57. The van der Waals surface area contributed by atoms with Gasteiger partial charge in [-0.3, -0.25) is 19.3 Å². The largest absolute Gasteiger partial charge is 0.481 e. The minimum Gasteiger partial charge on any atom is -0.481 e. The molecule has 0 spiro atoms. The van der Waals surface area contributed by atoms with Crippen molar-refractivity contribution < 1.29 is 19.5 Å². The highest BCUT2D eigenvalue weighted by Gasteiger charge is 2.32. The van der Waals surface area contributed by atoms with E-state index in [0.29, 0.717) is 30.5 Å². The van der Waals surface area contributed by atoms with Gasteiger partial charge < -0.3 is 5.11 Å². The number of carbonyl (C=O) groups is 3. The van der Waals surface area contributed by atoms with Crippen molar-refractivity contribution in [2.45, 2.75) is 33.1 Å².